The number of rotatable bonds is 6. The van der Waals surface area contributed by atoms with Crippen LogP contribution in [0.1, 0.15) is 37.0 Å². The van der Waals surface area contributed by atoms with E-state index in [0.29, 0.717) is 17.9 Å². The molecule has 0 radical (unpaired) electrons. The summed E-state index contributed by atoms with van der Waals surface area (Å²) in [6, 6.07) is 1.49. The Labute approximate surface area is 106 Å². The summed E-state index contributed by atoms with van der Waals surface area (Å²) >= 11 is 0. The predicted molar refractivity (Wildman–Crippen MR) is 71.2 cm³/mol. The molecule has 18 heavy (non-hydrogen) atoms. The zero-order chi connectivity index (χ0) is 13.8. The molecule has 0 aromatic carbocycles. The van der Waals surface area contributed by atoms with Crippen LogP contribution >= 0.6 is 0 Å². The molecule has 0 saturated heterocycles. The minimum Gasteiger partial charge on any atom is -0.397 e. The highest BCUT2D eigenvalue weighted by molar-refractivity contribution is 5.98. The molecule has 0 aliphatic rings. The summed E-state index contributed by atoms with van der Waals surface area (Å²) in [4.78, 5) is 15.4. The number of carbonyl (C=O) groups excluding carboxylic acids is 1. The molecule has 6 nitrogen and oxygen atoms in total. The molecule has 1 heterocycles. The fourth-order valence-electron chi connectivity index (χ4n) is 1.63. The molecule has 1 amide bonds. The number of nitrogens with zero attached hydrogens (tertiary/aromatic N) is 1. The lowest BCUT2D eigenvalue weighted by atomic mass is 9.94. The maximum atomic E-state index is 11.3. The van der Waals surface area contributed by atoms with Gasteiger partial charge in [0.25, 0.3) is 5.91 Å². The predicted octanol–water partition coefficient (Wildman–Crippen LogP) is 0.726. The third-order valence-electron chi connectivity index (χ3n) is 3.04. The third kappa shape index (κ3) is 3.33. The molecule has 0 spiro atoms. The van der Waals surface area contributed by atoms with Gasteiger partial charge in [0.2, 0.25) is 0 Å². The van der Waals surface area contributed by atoms with E-state index in [9.17, 15) is 4.79 Å². The Morgan fingerprint density at radius 3 is 2.78 bits per heavy atom. The maximum absolute atomic E-state index is 11.3. The molecule has 0 aliphatic heterocycles. The number of hydrogen-bond donors (Lipinski definition) is 4. The first-order valence-corrected chi connectivity index (χ1v) is 5.86. The van der Waals surface area contributed by atoms with Crippen molar-refractivity contribution < 1.29 is 9.90 Å². The van der Waals surface area contributed by atoms with Gasteiger partial charge in [-0.15, -0.1) is 0 Å². The highest BCUT2D eigenvalue weighted by atomic mass is 16.3. The van der Waals surface area contributed by atoms with Crippen LogP contribution in [0.3, 0.4) is 0 Å². The van der Waals surface area contributed by atoms with Crippen LogP contribution in [0.4, 0.5) is 11.5 Å². The summed E-state index contributed by atoms with van der Waals surface area (Å²) in [7, 11) is 0. The Balaban J connectivity index is 3.06. The molecule has 1 rings (SSSR count). The Morgan fingerprint density at radius 2 is 2.28 bits per heavy atom. The average molecular weight is 252 g/mol. The highest BCUT2D eigenvalue weighted by Crippen LogP contribution is 2.23. The minimum atomic E-state index is -0.584. The normalized spacial score (nSPS) is 13.9. The Hall–Kier alpha value is -1.82. The van der Waals surface area contributed by atoms with E-state index in [-0.39, 0.29) is 17.7 Å². The molecule has 0 aliphatic carbocycles. The third-order valence-corrected chi connectivity index (χ3v) is 3.04. The molecule has 100 valence electrons. The number of carbonyl (C=O) groups is 1. The van der Waals surface area contributed by atoms with Gasteiger partial charge in [-0.05, 0) is 25.8 Å². The van der Waals surface area contributed by atoms with Gasteiger partial charge in [0.05, 0.1) is 17.4 Å². The summed E-state index contributed by atoms with van der Waals surface area (Å²) < 4.78 is 0. The van der Waals surface area contributed by atoms with Gasteiger partial charge in [-0.2, -0.15) is 0 Å². The Kier molecular flexibility index (Phi) is 4.49. The summed E-state index contributed by atoms with van der Waals surface area (Å²) in [6.45, 7) is 3.99. The fourth-order valence-corrected chi connectivity index (χ4v) is 1.63. The number of anilines is 2. The summed E-state index contributed by atoms with van der Waals surface area (Å²) in [5.74, 6) is -0.186. The number of aliphatic hydroxyl groups excluding tert-OH is 1. The first-order chi connectivity index (χ1) is 8.41. The molecule has 0 bridgehead atoms. The number of aromatic nitrogens is 1. The number of aliphatic hydroxyl groups is 1. The van der Waals surface area contributed by atoms with E-state index in [2.05, 4.69) is 10.3 Å². The van der Waals surface area contributed by atoms with E-state index in [1.165, 1.54) is 12.3 Å². The van der Waals surface area contributed by atoms with Gasteiger partial charge < -0.3 is 21.9 Å². The number of primary amides is 1. The van der Waals surface area contributed by atoms with Gasteiger partial charge in [-0.3, -0.25) is 4.79 Å². The zero-order valence-corrected chi connectivity index (χ0v) is 10.7. The number of pyridine rings is 1. The van der Waals surface area contributed by atoms with Crippen molar-refractivity contribution in [3.63, 3.8) is 0 Å². The Bertz CT molecular complexity index is 436. The number of nitrogens with two attached hydrogens (primary N) is 2. The van der Waals surface area contributed by atoms with Gasteiger partial charge >= 0.3 is 0 Å². The second-order valence-electron chi connectivity index (χ2n) is 4.54. The van der Waals surface area contributed by atoms with E-state index in [1.807, 2.05) is 13.8 Å². The number of nitrogen functional groups attached to an aromatic ring is 1. The molecule has 1 aromatic heterocycles. The van der Waals surface area contributed by atoms with Gasteiger partial charge in [-0.25, -0.2) is 4.98 Å². The topological polar surface area (TPSA) is 114 Å². The molecule has 1 unspecified atom stereocenters. The van der Waals surface area contributed by atoms with Crippen LogP contribution in [0.25, 0.3) is 0 Å². The van der Waals surface area contributed by atoms with E-state index >= 15 is 0 Å². The molecular weight excluding hydrogens is 232 g/mol. The molecule has 0 fully saturated rings. The van der Waals surface area contributed by atoms with E-state index in [4.69, 9.17) is 16.6 Å². The highest BCUT2D eigenvalue weighted by Gasteiger charge is 2.23. The van der Waals surface area contributed by atoms with Crippen molar-refractivity contribution in [1.82, 2.24) is 4.98 Å². The summed E-state index contributed by atoms with van der Waals surface area (Å²) in [6.07, 6.45) is 2.79. The maximum Gasteiger partial charge on any atom is 0.252 e. The van der Waals surface area contributed by atoms with Crippen LogP contribution in [-0.2, 0) is 0 Å². The van der Waals surface area contributed by atoms with Gasteiger partial charge in [0, 0.05) is 12.1 Å². The fraction of sp³-hybridized carbons (Fsp3) is 0.500. The molecule has 6 heteroatoms. The standard InChI is InChI=1S/C12H20N4O2/c1-3-12(2,4-5-17)16-11-9(10(14)18)6-8(13)7-15-11/h6-7,17H,3-5,13H2,1-2H3,(H2,14,18)(H,15,16). The number of hydrogen-bond acceptors (Lipinski definition) is 5. The van der Waals surface area contributed by atoms with Crippen molar-refractivity contribution in [2.24, 2.45) is 5.73 Å². The molecule has 1 atom stereocenters. The van der Waals surface area contributed by atoms with Gasteiger partial charge in [0.1, 0.15) is 5.82 Å². The molecule has 1 aromatic rings. The zero-order valence-electron chi connectivity index (χ0n) is 10.7. The monoisotopic (exact) mass is 252 g/mol. The lowest BCUT2D eigenvalue weighted by Crippen LogP contribution is -2.36. The van der Waals surface area contributed by atoms with Crippen molar-refractivity contribution in [3.05, 3.63) is 17.8 Å². The quantitative estimate of drug-likeness (QED) is 0.595. The smallest absolute Gasteiger partial charge is 0.252 e. The van der Waals surface area contributed by atoms with Crippen molar-refractivity contribution in [2.45, 2.75) is 32.2 Å². The summed E-state index contributed by atoms with van der Waals surface area (Å²) in [5.41, 5.74) is 11.2. The molecule has 0 saturated carbocycles. The van der Waals surface area contributed by atoms with Gasteiger partial charge in [0.15, 0.2) is 0 Å². The average Bonchev–Trinajstić information content (AvgIpc) is 2.31. The molecular formula is C12H20N4O2. The van der Waals surface area contributed by atoms with Crippen LogP contribution in [0.15, 0.2) is 12.3 Å². The largest absolute Gasteiger partial charge is 0.397 e. The second-order valence-corrected chi connectivity index (χ2v) is 4.54. The van der Waals surface area contributed by atoms with Crippen LogP contribution in [0.5, 0.6) is 0 Å². The Morgan fingerprint density at radius 1 is 1.61 bits per heavy atom. The minimum absolute atomic E-state index is 0.0538. The first-order valence-electron chi connectivity index (χ1n) is 5.86. The van der Waals surface area contributed by atoms with Crippen LogP contribution < -0.4 is 16.8 Å². The van der Waals surface area contributed by atoms with Crippen molar-refractivity contribution >= 4 is 17.4 Å². The van der Waals surface area contributed by atoms with Crippen molar-refractivity contribution in [2.75, 3.05) is 17.7 Å². The van der Waals surface area contributed by atoms with E-state index in [0.717, 1.165) is 6.42 Å². The number of amides is 1. The van der Waals surface area contributed by atoms with Crippen LogP contribution in [0, 0.1) is 0 Å². The van der Waals surface area contributed by atoms with Gasteiger partial charge in [-0.1, -0.05) is 6.92 Å². The molecule has 6 N–H and O–H groups in total. The number of nitrogens with one attached hydrogen (secondary N) is 1. The first kappa shape index (κ1) is 14.2. The summed E-state index contributed by atoms with van der Waals surface area (Å²) in [5, 5.41) is 12.2. The van der Waals surface area contributed by atoms with E-state index in [1.54, 1.807) is 0 Å². The lowest BCUT2D eigenvalue weighted by Gasteiger charge is -2.30. The second kappa shape index (κ2) is 5.68. The van der Waals surface area contributed by atoms with Crippen molar-refractivity contribution in [1.29, 1.82) is 0 Å². The van der Waals surface area contributed by atoms with Crippen LogP contribution in [-0.4, -0.2) is 28.1 Å². The van der Waals surface area contributed by atoms with E-state index < -0.39 is 5.91 Å². The SMILES string of the molecule is CCC(C)(CCO)Nc1ncc(N)cc1C(N)=O. The van der Waals surface area contributed by atoms with Crippen molar-refractivity contribution in [3.8, 4) is 0 Å². The lowest BCUT2D eigenvalue weighted by molar-refractivity contribution is 0.100. The van der Waals surface area contributed by atoms with Crippen LogP contribution in [0.2, 0.25) is 0 Å².